The van der Waals surface area contributed by atoms with Crippen molar-refractivity contribution in [2.45, 2.75) is 25.3 Å². The Morgan fingerprint density at radius 2 is 1.79 bits per heavy atom. The van der Waals surface area contributed by atoms with Crippen LogP contribution in [0, 0.1) is 5.92 Å². The molecule has 1 aliphatic heterocycles. The number of nitrogens with zero attached hydrogens (tertiary/aromatic N) is 2. The van der Waals surface area contributed by atoms with E-state index in [-0.39, 0.29) is 12.0 Å². The van der Waals surface area contributed by atoms with Crippen molar-refractivity contribution in [3.63, 3.8) is 0 Å². The van der Waals surface area contributed by atoms with Gasteiger partial charge in [0.15, 0.2) is 0 Å². The van der Waals surface area contributed by atoms with Gasteiger partial charge in [-0.25, -0.2) is 0 Å². The Bertz CT molecular complexity index is 922. The van der Waals surface area contributed by atoms with E-state index in [1.165, 1.54) is 5.56 Å². The molecule has 0 bridgehead atoms. The van der Waals surface area contributed by atoms with Gasteiger partial charge in [0.2, 0.25) is 0 Å². The van der Waals surface area contributed by atoms with Gasteiger partial charge in [0, 0.05) is 48.8 Å². The monoisotopic (exact) mass is 419 g/mol. The Balaban J connectivity index is 1.40. The predicted molar refractivity (Wildman–Crippen MR) is 114 cm³/mol. The number of halogens is 1. The maximum atomic E-state index is 13.0. The van der Waals surface area contributed by atoms with Crippen molar-refractivity contribution < 1.29 is 8.42 Å². The van der Waals surface area contributed by atoms with E-state index in [4.69, 9.17) is 11.6 Å². The minimum Gasteiger partial charge on any atom is -0.370 e. The molecule has 3 atom stereocenters. The number of hydrogen-bond donors (Lipinski definition) is 1. The summed E-state index contributed by atoms with van der Waals surface area (Å²) >= 11 is 6.11. The number of rotatable bonds is 5. The summed E-state index contributed by atoms with van der Waals surface area (Å²) < 4.78 is 30.5. The highest BCUT2D eigenvalue weighted by atomic mass is 35.5. The van der Waals surface area contributed by atoms with Crippen LogP contribution in [-0.4, -0.2) is 44.9 Å². The zero-order valence-electron chi connectivity index (χ0n) is 16.0. The molecule has 0 radical (unpaired) electrons. The lowest BCUT2D eigenvalue weighted by Gasteiger charge is -2.24. The van der Waals surface area contributed by atoms with Crippen LogP contribution in [-0.2, 0) is 10.2 Å². The maximum Gasteiger partial charge on any atom is 0.279 e. The van der Waals surface area contributed by atoms with Crippen molar-refractivity contribution in [1.29, 1.82) is 0 Å². The normalized spacial score (nSPS) is 26.1. The molecular formula is C21H26ClN3O2S. The highest BCUT2D eigenvalue weighted by Crippen LogP contribution is 2.47. The molecule has 5 nitrogen and oxygen atoms in total. The summed E-state index contributed by atoms with van der Waals surface area (Å²) in [6, 6.07) is 17.8. The van der Waals surface area contributed by atoms with Gasteiger partial charge in [0.05, 0.1) is 0 Å². The van der Waals surface area contributed by atoms with Crippen molar-refractivity contribution >= 4 is 27.5 Å². The summed E-state index contributed by atoms with van der Waals surface area (Å²) in [7, 11) is -3.50. The zero-order chi connectivity index (χ0) is 19.7. The fourth-order valence-corrected chi connectivity index (χ4v) is 5.87. The van der Waals surface area contributed by atoms with E-state index in [0.29, 0.717) is 30.6 Å². The molecule has 2 aromatic carbocycles. The molecule has 4 rings (SSSR count). The van der Waals surface area contributed by atoms with Crippen LogP contribution in [0.5, 0.6) is 0 Å². The van der Waals surface area contributed by atoms with Crippen LogP contribution < -0.4 is 9.62 Å². The van der Waals surface area contributed by atoms with Crippen LogP contribution in [0.4, 0.5) is 5.69 Å². The highest BCUT2D eigenvalue weighted by molar-refractivity contribution is 7.87. The van der Waals surface area contributed by atoms with Gasteiger partial charge in [-0.2, -0.15) is 17.4 Å². The molecule has 1 saturated carbocycles. The average molecular weight is 420 g/mol. The first-order valence-electron chi connectivity index (χ1n) is 9.78. The lowest BCUT2D eigenvalue weighted by Crippen LogP contribution is -2.44. The van der Waals surface area contributed by atoms with Gasteiger partial charge in [-0.3, -0.25) is 0 Å². The zero-order valence-corrected chi connectivity index (χ0v) is 17.5. The van der Waals surface area contributed by atoms with E-state index < -0.39 is 10.2 Å². The summed E-state index contributed by atoms with van der Waals surface area (Å²) in [5, 5.41) is 0.697. The quantitative estimate of drug-likeness (QED) is 0.807. The molecule has 1 aliphatic carbocycles. The predicted octanol–water partition coefficient (Wildman–Crippen LogP) is 3.49. The second kappa shape index (κ2) is 8.03. The van der Waals surface area contributed by atoms with Crippen LogP contribution >= 0.6 is 11.6 Å². The summed E-state index contributed by atoms with van der Waals surface area (Å²) in [5.41, 5.74) is 2.24. The Morgan fingerprint density at radius 1 is 1.00 bits per heavy atom. The van der Waals surface area contributed by atoms with Crippen molar-refractivity contribution in [3.05, 3.63) is 65.2 Å². The Hall–Kier alpha value is -1.60. The molecule has 2 fully saturated rings. The summed E-state index contributed by atoms with van der Waals surface area (Å²) in [6.45, 7) is 4.58. The third-order valence-electron chi connectivity index (χ3n) is 5.82. The Kier molecular flexibility index (Phi) is 5.65. The topological polar surface area (TPSA) is 52.7 Å². The van der Waals surface area contributed by atoms with E-state index in [9.17, 15) is 8.42 Å². The van der Waals surface area contributed by atoms with Gasteiger partial charge in [-0.05, 0) is 36.1 Å². The first kappa shape index (κ1) is 19.7. The molecule has 1 N–H and O–H groups in total. The molecule has 2 aliphatic rings. The molecule has 28 heavy (non-hydrogen) atoms. The Labute approximate surface area is 172 Å². The number of anilines is 1. The molecule has 0 spiro atoms. The average Bonchev–Trinajstić information content (AvgIpc) is 3.38. The van der Waals surface area contributed by atoms with Crippen molar-refractivity contribution in [2.75, 3.05) is 31.1 Å². The lowest BCUT2D eigenvalue weighted by molar-refractivity contribution is 0.422. The van der Waals surface area contributed by atoms with Gasteiger partial charge in [-0.15, -0.1) is 0 Å². The fraction of sp³-hybridized carbons (Fsp3) is 0.429. The minimum atomic E-state index is -3.50. The molecule has 7 heteroatoms. The minimum absolute atomic E-state index is 0.0281. The summed E-state index contributed by atoms with van der Waals surface area (Å²) in [5.74, 6) is 0.568. The van der Waals surface area contributed by atoms with Crippen molar-refractivity contribution in [2.24, 2.45) is 5.92 Å². The van der Waals surface area contributed by atoms with E-state index >= 15 is 0 Å². The number of hydrogen-bond acceptors (Lipinski definition) is 3. The summed E-state index contributed by atoms with van der Waals surface area (Å²) in [6.07, 6.45) is 0.787. The maximum absolute atomic E-state index is 13.0. The van der Waals surface area contributed by atoms with E-state index in [0.717, 1.165) is 18.7 Å². The first-order valence-corrected chi connectivity index (χ1v) is 11.6. The van der Waals surface area contributed by atoms with E-state index in [1.54, 1.807) is 4.31 Å². The van der Waals surface area contributed by atoms with E-state index in [1.807, 2.05) is 42.5 Å². The van der Waals surface area contributed by atoms with Crippen molar-refractivity contribution in [1.82, 2.24) is 9.03 Å². The van der Waals surface area contributed by atoms with Gasteiger partial charge in [0.1, 0.15) is 0 Å². The second-order valence-electron chi connectivity index (χ2n) is 7.66. The molecule has 1 heterocycles. The first-order chi connectivity index (χ1) is 13.5. The largest absolute Gasteiger partial charge is 0.370 e. The van der Waals surface area contributed by atoms with Gasteiger partial charge in [-0.1, -0.05) is 54.9 Å². The lowest BCUT2D eigenvalue weighted by atomic mass is 10.1. The molecule has 0 aromatic heterocycles. The SMILES string of the molecule is C[C@H]1[C@H](NS(=O)(=O)N2CCCN(c3cccc(Cl)c3)CC2)[C@H]1c1ccccc1. The molecule has 0 unspecified atom stereocenters. The van der Waals surface area contributed by atoms with Gasteiger partial charge < -0.3 is 4.90 Å². The number of benzene rings is 2. The molecule has 0 amide bonds. The third kappa shape index (κ3) is 4.20. The van der Waals surface area contributed by atoms with Crippen LogP contribution in [0.1, 0.15) is 24.8 Å². The van der Waals surface area contributed by atoms with Gasteiger partial charge >= 0.3 is 0 Å². The number of nitrogens with one attached hydrogen (secondary N) is 1. The van der Waals surface area contributed by atoms with Gasteiger partial charge in [0.25, 0.3) is 10.2 Å². The van der Waals surface area contributed by atoms with Crippen LogP contribution in [0.15, 0.2) is 54.6 Å². The summed E-state index contributed by atoms with van der Waals surface area (Å²) in [4.78, 5) is 2.20. The van der Waals surface area contributed by atoms with Crippen LogP contribution in [0.25, 0.3) is 0 Å². The molecule has 2 aromatic rings. The molecular weight excluding hydrogens is 394 g/mol. The standard InChI is InChI=1S/C21H26ClN3O2S/c1-16-20(17-7-3-2-4-8-17)21(16)23-28(26,27)25-12-6-11-24(13-14-25)19-10-5-9-18(22)15-19/h2-5,7-10,15-16,20-21,23H,6,11-14H2,1H3/t16-,20-,21+/m1/s1. The van der Waals surface area contributed by atoms with Crippen LogP contribution in [0.3, 0.4) is 0 Å². The molecule has 1 saturated heterocycles. The van der Waals surface area contributed by atoms with Crippen LogP contribution in [0.2, 0.25) is 5.02 Å². The second-order valence-corrected chi connectivity index (χ2v) is 9.80. The third-order valence-corrected chi connectivity index (χ3v) is 7.67. The smallest absolute Gasteiger partial charge is 0.279 e. The van der Waals surface area contributed by atoms with Crippen molar-refractivity contribution in [3.8, 4) is 0 Å². The van der Waals surface area contributed by atoms with E-state index in [2.05, 4.69) is 28.7 Å². The highest BCUT2D eigenvalue weighted by Gasteiger charge is 2.50. The molecule has 150 valence electrons. The fourth-order valence-electron chi connectivity index (χ4n) is 4.14. The Morgan fingerprint density at radius 3 is 2.54 bits per heavy atom.